The quantitative estimate of drug-likeness (QED) is 0.710. The maximum Gasteiger partial charge on any atom is 0.237 e. The second-order valence-corrected chi connectivity index (χ2v) is 9.23. The van der Waals surface area contributed by atoms with Crippen LogP contribution in [0.15, 0.2) is 42.9 Å². The number of aromatic nitrogens is 2. The van der Waals surface area contributed by atoms with Crippen molar-refractivity contribution < 1.29 is 4.79 Å². The number of benzene rings is 1. The van der Waals surface area contributed by atoms with E-state index in [1.54, 1.807) is 0 Å². The Labute approximate surface area is 175 Å². The van der Waals surface area contributed by atoms with Crippen LogP contribution in [0.1, 0.15) is 64.1 Å². The van der Waals surface area contributed by atoms with Crippen LogP contribution in [0.2, 0.25) is 0 Å². The standard InChI is InChI=1S/C24H36N4O/c1-4-24(2,3)19-10-12-20(13-11-19)27-23(29)22(25)14-21-16-28(17-26-21)15-18-8-6-5-7-9-18/h5-9,16-17,19-20,22H,4,10-15,25H2,1-3H3,(H,27,29)/t19?,20?,22-/m0/s1. The van der Waals surface area contributed by atoms with Crippen molar-refractivity contribution in [3.8, 4) is 0 Å². The Bertz CT molecular complexity index is 775. The number of nitrogens with zero attached hydrogens (tertiary/aromatic N) is 2. The van der Waals surface area contributed by atoms with Gasteiger partial charge in [-0.2, -0.15) is 0 Å². The Kier molecular flexibility index (Phi) is 7.12. The lowest BCUT2D eigenvalue weighted by atomic mass is 9.69. The van der Waals surface area contributed by atoms with Crippen LogP contribution in [0.25, 0.3) is 0 Å². The summed E-state index contributed by atoms with van der Waals surface area (Å²) in [6.45, 7) is 7.77. The number of hydrogen-bond donors (Lipinski definition) is 2. The van der Waals surface area contributed by atoms with E-state index in [4.69, 9.17) is 5.73 Å². The van der Waals surface area contributed by atoms with E-state index in [9.17, 15) is 4.79 Å². The summed E-state index contributed by atoms with van der Waals surface area (Å²) in [5.74, 6) is 0.698. The van der Waals surface area contributed by atoms with Crippen LogP contribution in [0, 0.1) is 11.3 Å². The molecule has 29 heavy (non-hydrogen) atoms. The molecule has 3 rings (SSSR count). The number of amides is 1. The summed E-state index contributed by atoms with van der Waals surface area (Å²) in [6, 6.07) is 9.96. The fraction of sp³-hybridized carbons (Fsp3) is 0.583. The molecule has 1 amide bonds. The minimum Gasteiger partial charge on any atom is -0.352 e. The molecule has 158 valence electrons. The van der Waals surface area contributed by atoms with Gasteiger partial charge in [0.2, 0.25) is 5.91 Å². The number of nitrogens with one attached hydrogen (secondary N) is 1. The fourth-order valence-electron chi connectivity index (χ4n) is 4.33. The number of carbonyl (C=O) groups excluding carboxylic acids is 1. The van der Waals surface area contributed by atoms with E-state index in [0.29, 0.717) is 11.8 Å². The van der Waals surface area contributed by atoms with Crippen molar-refractivity contribution in [1.29, 1.82) is 0 Å². The van der Waals surface area contributed by atoms with Gasteiger partial charge in [0.25, 0.3) is 0 Å². The van der Waals surface area contributed by atoms with Crippen LogP contribution >= 0.6 is 0 Å². The van der Waals surface area contributed by atoms with E-state index < -0.39 is 6.04 Å². The first-order valence-corrected chi connectivity index (χ1v) is 11.0. The molecule has 1 aromatic carbocycles. The van der Waals surface area contributed by atoms with E-state index in [1.807, 2.05) is 35.3 Å². The molecule has 1 heterocycles. The molecule has 2 aromatic rings. The largest absolute Gasteiger partial charge is 0.352 e. The average molecular weight is 397 g/mol. The van der Waals surface area contributed by atoms with Gasteiger partial charge >= 0.3 is 0 Å². The van der Waals surface area contributed by atoms with Crippen molar-refractivity contribution in [2.75, 3.05) is 0 Å². The lowest BCUT2D eigenvalue weighted by Crippen LogP contribution is -2.48. The van der Waals surface area contributed by atoms with Gasteiger partial charge < -0.3 is 15.6 Å². The lowest BCUT2D eigenvalue weighted by molar-refractivity contribution is -0.123. The van der Waals surface area contributed by atoms with Crippen LogP contribution in [-0.2, 0) is 17.8 Å². The van der Waals surface area contributed by atoms with Crippen molar-refractivity contribution in [3.63, 3.8) is 0 Å². The number of hydrogen-bond acceptors (Lipinski definition) is 3. The summed E-state index contributed by atoms with van der Waals surface area (Å²) < 4.78 is 2.03. The molecular weight excluding hydrogens is 360 g/mol. The molecule has 1 aromatic heterocycles. The normalized spacial score (nSPS) is 21.0. The van der Waals surface area contributed by atoms with Gasteiger partial charge in [-0.15, -0.1) is 0 Å². The maximum absolute atomic E-state index is 12.6. The Balaban J connectivity index is 1.45. The summed E-state index contributed by atoms with van der Waals surface area (Å²) >= 11 is 0. The zero-order valence-electron chi connectivity index (χ0n) is 18.1. The smallest absolute Gasteiger partial charge is 0.237 e. The lowest BCUT2D eigenvalue weighted by Gasteiger charge is -2.39. The van der Waals surface area contributed by atoms with Gasteiger partial charge in [-0.1, -0.05) is 57.5 Å². The zero-order valence-corrected chi connectivity index (χ0v) is 18.1. The van der Waals surface area contributed by atoms with Crippen molar-refractivity contribution in [2.24, 2.45) is 17.1 Å². The minimum absolute atomic E-state index is 0.0548. The maximum atomic E-state index is 12.6. The molecule has 3 N–H and O–H groups in total. The Morgan fingerprint density at radius 2 is 1.93 bits per heavy atom. The van der Waals surface area contributed by atoms with Crippen molar-refractivity contribution >= 4 is 5.91 Å². The SMILES string of the molecule is CCC(C)(C)C1CCC(NC(=O)[C@@H](N)Cc2cn(Cc3ccccc3)cn2)CC1. The molecule has 1 aliphatic carbocycles. The molecule has 0 radical (unpaired) electrons. The summed E-state index contributed by atoms with van der Waals surface area (Å²) in [4.78, 5) is 17.0. The number of imidazole rings is 1. The minimum atomic E-state index is -0.556. The van der Waals surface area contributed by atoms with Gasteiger partial charge in [-0.3, -0.25) is 4.79 Å². The topological polar surface area (TPSA) is 72.9 Å². The van der Waals surface area contributed by atoms with Crippen LogP contribution in [-0.4, -0.2) is 27.5 Å². The molecule has 5 heteroatoms. The first kappa shape index (κ1) is 21.6. The highest BCUT2D eigenvalue weighted by molar-refractivity contribution is 5.82. The Morgan fingerprint density at radius 1 is 1.24 bits per heavy atom. The fourth-order valence-corrected chi connectivity index (χ4v) is 4.33. The van der Waals surface area contributed by atoms with Gasteiger partial charge in [0.1, 0.15) is 0 Å². The third-order valence-electron chi connectivity index (χ3n) is 6.75. The van der Waals surface area contributed by atoms with Gasteiger partial charge in [0.05, 0.1) is 18.1 Å². The second-order valence-electron chi connectivity index (χ2n) is 9.23. The number of rotatable bonds is 8. The molecule has 1 fully saturated rings. The van der Waals surface area contributed by atoms with E-state index in [1.165, 1.54) is 24.8 Å². The van der Waals surface area contributed by atoms with E-state index >= 15 is 0 Å². The van der Waals surface area contributed by atoms with Gasteiger partial charge in [-0.05, 0) is 42.6 Å². The van der Waals surface area contributed by atoms with Crippen molar-refractivity contribution in [2.45, 2.75) is 77.9 Å². The van der Waals surface area contributed by atoms with E-state index in [-0.39, 0.29) is 11.9 Å². The van der Waals surface area contributed by atoms with Gasteiger partial charge in [0.15, 0.2) is 0 Å². The predicted octanol–water partition coefficient (Wildman–Crippen LogP) is 3.91. The molecule has 1 aliphatic rings. The van der Waals surface area contributed by atoms with Gasteiger partial charge in [0, 0.05) is 25.2 Å². The molecule has 0 spiro atoms. The average Bonchev–Trinajstić information content (AvgIpc) is 3.15. The van der Waals surface area contributed by atoms with Gasteiger partial charge in [-0.25, -0.2) is 4.98 Å². The highest BCUT2D eigenvalue weighted by Crippen LogP contribution is 2.40. The highest BCUT2D eigenvalue weighted by atomic mass is 16.2. The summed E-state index contributed by atoms with van der Waals surface area (Å²) in [6.07, 6.45) is 9.94. The first-order chi connectivity index (χ1) is 13.9. The summed E-state index contributed by atoms with van der Waals surface area (Å²) in [7, 11) is 0. The molecule has 0 bridgehead atoms. The van der Waals surface area contributed by atoms with Crippen LogP contribution in [0.4, 0.5) is 0 Å². The number of carbonyl (C=O) groups is 1. The third kappa shape index (κ3) is 5.92. The number of nitrogens with two attached hydrogens (primary N) is 1. The molecule has 0 unspecified atom stereocenters. The molecule has 1 saturated carbocycles. The van der Waals surface area contributed by atoms with Crippen LogP contribution in [0.5, 0.6) is 0 Å². The third-order valence-corrected chi connectivity index (χ3v) is 6.75. The van der Waals surface area contributed by atoms with E-state index in [0.717, 1.165) is 31.0 Å². The predicted molar refractivity (Wildman–Crippen MR) is 117 cm³/mol. The van der Waals surface area contributed by atoms with Crippen LogP contribution in [0.3, 0.4) is 0 Å². The molecule has 5 nitrogen and oxygen atoms in total. The second kappa shape index (κ2) is 9.57. The molecular formula is C24H36N4O. The molecule has 1 atom stereocenters. The Hall–Kier alpha value is -2.14. The highest BCUT2D eigenvalue weighted by Gasteiger charge is 2.32. The molecule has 0 aliphatic heterocycles. The zero-order chi connectivity index (χ0) is 20.9. The monoisotopic (exact) mass is 396 g/mol. The van der Waals surface area contributed by atoms with E-state index in [2.05, 4.69) is 43.2 Å². The Morgan fingerprint density at radius 3 is 2.59 bits per heavy atom. The van der Waals surface area contributed by atoms with Crippen molar-refractivity contribution in [3.05, 3.63) is 54.1 Å². The summed E-state index contributed by atoms with van der Waals surface area (Å²) in [5.41, 5.74) is 8.66. The first-order valence-electron chi connectivity index (χ1n) is 11.0. The summed E-state index contributed by atoms with van der Waals surface area (Å²) in [5, 5.41) is 3.18. The van der Waals surface area contributed by atoms with Crippen LogP contribution < -0.4 is 11.1 Å². The molecule has 0 saturated heterocycles. The van der Waals surface area contributed by atoms with Crippen molar-refractivity contribution in [1.82, 2.24) is 14.9 Å².